The quantitative estimate of drug-likeness (QED) is 0.0300. The number of hydrogen-bond donors (Lipinski definition) is 12. The molecule has 3 saturated heterocycles. The van der Waals surface area contributed by atoms with Crippen molar-refractivity contribution in [2.45, 2.75) is 279 Å². The number of aliphatic hydroxyl groups excluding tert-OH is 11. The first-order chi connectivity index (χ1) is 36.8. The van der Waals surface area contributed by atoms with E-state index in [1.807, 2.05) is 12.2 Å². The van der Waals surface area contributed by atoms with Crippen LogP contribution in [0.15, 0.2) is 48.6 Å². The van der Waals surface area contributed by atoms with Crippen molar-refractivity contribution in [2.24, 2.45) is 0 Å². The third-order valence-corrected chi connectivity index (χ3v) is 14.4. The Morgan fingerprint density at radius 2 is 0.882 bits per heavy atom. The van der Waals surface area contributed by atoms with Gasteiger partial charge < -0.3 is 89.9 Å². The zero-order valence-corrected chi connectivity index (χ0v) is 45.7. The van der Waals surface area contributed by atoms with Crippen molar-refractivity contribution in [1.29, 1.82) is 0 Å². The van der Waals surface area contributed by atoms with Gasteiger partial charge in [-0.25, -0.2) is 0 Å². The van der Waals surface area contributed by atoms with Gasteiger partial charge in [-0.1, -0.05) is 178 Å². The summed E-state index contributed by atoms with van der Waals surface area (Å²) >= 11 is 0. The molecule has 1 amide bonds. The van der Waals surface area contributed by atoms with Crippen LogP contribution in [0, 0.1) is 0 Å². The molecule has 3 rings (SSSR count). The molecule has 19 heteroatoms. The van der Waals surface area contributed by atoms with Gasteiger partial charge in [0, 0.05) is 6.42 Å². The second-order valence-electron chi connectivity index (χ2n) is 20.7. The summed E-state index contributed by atoms with van der Waals surface area (Å²) in [4.78, 5) is 13.3. The van der Waals surface area contributed by atoms with E-state index in [0.29, 0.717) is 19.3 Å². The van der Waals surface area contributed by atoms with Gasteiger partial charge >= 0.3 is 0 Å². The molecular formula is C57H101NO18. The number of ether oxygens (including phenoxy) is 6. The zero-order valence-electron chi connectivity index (χ0n) is 45.7. The number of aliphatic hydroxyl groups is 11. The molecule has 0 aromatic rings. The maximum absolute atomic E-state index is 13.3. The molecule has 3 heterocycles. The Hall–Kier alpha value is -2.25. The SMILES string of the molecule is CC/C=C\C/C=C\C/C=C\C/C=C\CCC(=O)NC(COC1OC(CO)C(OC2OC(CO)C(OC3OC(CO)C(O)C(O)C3O)C(O)C2O)C(O)C1O)C(O)CCCCCCCCCCCCCCCCCCCC. The fourth-order valence-corrected chi connectivity index (χ4v) is 9.68. The molecule has 0 aromatic carbocycles. The molecule has 3 fully saturated rings. The Labute approximate surface area is 453 Å². The van der Waals surface area contributed by atoms with Crippen molar-refractivity contribution in [3.8, 4) is 0 Å². The van der Waals surface area contributed by atoms with E-state index in [1.54, 1.807) is 0 Å². The minimum absolute atomic E-state index is 0.144. The van der Waals surface area contributed by atoms with E-state index in [-0.39, 0.29) is 18.9 Å². The molecule has 0 bridgehead atoms. The second-order valence-corrected chi connectivity index (χ2v) is 20.7. The van der Waals surface area contributed by atoms with Crippen LogP contribution in [0.1, 0.15) is 174 Å². The summed E-state index contributed by atoms with van der Waals surface area (Å²) in [6.07, 6.45) is 16.5. The molecule has 3 aliphatic heterocycles. The number of amides is 1. The van der Waals surface area contributed by atoms with Crippen molar-refractivity contribution in [2.75, 3.05) is 26.4 Å². The number of rotatable bonds is 41. The molecule has 19 nitrogen and oxygen atoms in total. The Bertz CT molecular complexity index is 1580. The average Bonchev–Trinajstić information content (AvgIpc) is 3.41. The van der Waals surface area contributed by atoms with Crippen molar-refractivity contribution in [3.63, 3.8) is 0 Å². The van der Waals surface area contributed by atoms with Gasteiger partial charge in [0.25, 0.3) is 0 Å². The standard InChI is InChI=1S/C57H101NO18/c1-3-5-7-9-11-13-15-17-18-19-20-21-23-24-26-28-30-32-34-41(62)40(58-45(63)35-33-31-29-27-25-22-16-14-12-10-8-6-4-2)39-71-55-51(69)48(66)53(43(37-60)73-55)76-57-52(70)49(67)54(44(38-61)74-57)75-56-50(68)47(65)46(64)42(36-59)72-56/h6,8,12,14,22,25,29,31,40-44,46-57,59-62,64-70H,3-5,7,9-11,13,15-21,23-24,26-28,30,32-39H2,1-2H3,(H,58,63)/b8-6-,14-12-,25-22-,31-29-. The van der Waals surface area contributed by atoms with Crippen LogP contribution in [0.2, 0.25) is 0 Å². The maximum Gasteiger partial charge on any atom is 0.220 e. The van der Waals surface area contributed by atoms with Crippen molar-refractivity contribution >= 4 is 5.91 Å². The minimum atomic E-state index is -1.98. The molecule has 17 unspecified atom stereocenters. The van der Waals surface area contributed by atoms with Crippen LogP contribution in [0.25, 0.3) is 0 Å². The number of carbonyl (C=O) groups is 1. The van der Waals surface area contributed by atoms with Crippen LogP contribution in [0.5, 0.6) is 0 Å². The van der Waals surface area contributed by atoms with Gasteiger partial charge in [-0.3, -0.25) is 4.79 Å². The number of allylic oxidation sites excluding steroid dienone is 8. The van der Waals surface area contributed by atoms with Gasteiger partial charge in [0.05, 0.1) is 38.6 Å². The molecule has 0 spiro atoms. The smallest absolute Gasteiger partial charge is 0.220 e. The number of unbranched alkanes of at least 4 members (excludes halogenated alkanes) is 17. The van der Waals surface area contributed by atoms with E-state index in [1.165, 1.54) is 89.9 Å². The van der Waals surface area contributed by atoms with Gasteiger partial charge in [-0.05, 0) is 38.5 Å². The highest BCUT2D eigenvalue weighted by molar-refractivity contribution is 5.76. The Morgan fingerprint density at radius 3 is 1.34 bits per heavy atom. The van der Waals surface area contributed by atoms with Crippen molar-refractivity contribution < 1.29 is 89.4 Å². The second kappa shape index (κ2) is 40.9. The molecule has 0 radical (unpaired) electrons. The third kappa shape index (κ3) is 25.0. The first kappa shape index (κ1) is 68.0. The summed E-state index contributed by atoms with van der Waals surface area (Å²) in [5, 5.41) is 120. The lowest BCUT2D eigenvalue weighted by Gasteiger charge is -2.48. The van der Waals surface area contributed by atoms with Gasteiger partial charge in [-0.2, -0.15) is 0 Å². The highest BCUT2D eigenvalue weighted by atomic mass is 16.8. The normalized spacial score (nSPS) is 31.3. The number of hydrogen-bond acceptors (Lipinski definition) is 18. The first-order valence-electron chi connectivity index (χ1n) is 28.9. The van der Waals surface area contributed by atoms with Crippen LogP contribution in [-0.2, 0) is 33.2 Å². The molecular weight excluding hydrogens is 987 g/mol. The van der Waals surface area contributed by atoms with E-state index >= 15 is 0 Å². The Kier molecular flexibility index (Phi) is 36.6. The lowest BCUT2D eigenvalue weighted by atomic mass is 9.96. The first-order valence-corrected chi connectivity index (χ1v) is 28.9. The Morgan fingerprint density at radius 1 is 0.487 bits per heavy atom. The fraction of sp³-hybridized carbons (Fsp3) is 0.842. The molecule has 17 atom stereocenters. The van der Waals surface area contributed by atoms with Crippen LogP contribution in [0.3, 0.4) is 0 Å². The molecule has 3 aliphatic rings. The van der Waals surface area contributed by atoms with E-state index in [0.717, 1.165) is 44.9 Å². The summed E-state index contributed by atoms with van der Waals surface area (Å²) in [5.74, 6) is -0.324. The summed E-state index contributed by atoms with van der Waals surface area (Å²) in [6.45, 7) is 1.60. The van der Waals surface area contributed by atoms with Gasteiger partial charge in [-0.15, -0.1) is 0 Å². The van der Waals surface area contributed by atoms with Gasteiger partial charge in [0.15, 0.2) is 18.9 Å². The van der Waals surface area contributed by atoms with Crippen LogP contribution in [0.4, 0.5) is 0 Å². The van der Waals surface area contributed by atoms with E-state index in [4.69, 9.17) is 28.4 Å². The summed E-state index contributed by atoms with van der Waals surface area (Å²) < 4.78 is 34.2. The van der Waals surface area contributed by atoms with E-state index in [9.17, 15) is 61.0 Å². The average molecular weight is 1090 g/mol. The maximum atomic E-state index is 13.3. The highest BCUT2D eigenvalue weighted by Crippen LogP contribution is 2.33. The molecule has 0 saturated carbocycles. The highest BCUT2D eigenvalue weighted by Gasteiger charge is 2.53. The summed E-state index contributed by atoms with van der Waals surface area (Å²) in [6, 6.07) is -0.925. The largest absolute Gasteiger partial charge is 0.394 e. The summed E-state index contributed by atoms with van der Waals surface area (Å²) in [5.41, 5.74) is 0. The monoisotopic (exact) mass is 1090 g/mol. The van der Waals surface area contributed by atoms with E-state index < -0.39 is 124 Å². The van der Waals surface area contributed by atoms with Gasteiger partial charge in [0.2, 0.25) is 5.91 Å². The summed E-state index contributed by atoms with van der Waals surface area (Å²) in [7, 11) is 0. The number of nitrogens with one attached hydrogen (secondary N) is 1. The van der Waals surface area contributed by atoms with Crippen molar-refractivity contribution in [3.05, 3.63) is 48.6 Å². The predicted octanol–water partition coefficient (Wildman–Crippen LogP) is 4.31. The van der Waals surface area contributed by atoms with E-state index in [2.05, 4.69) is 55.6 Å². The third-order valence-electron chi connectivity index (χ3n) is 14.4. The fourth-order valence-electron chi connectivity index (χ4n) is 9.68. The molecule has 76 heavy (non-hydrogen) atoms. The van der Waals surface area contributed by atoms with Crippen LogP contribution >= 0.6 is 0 Å². The van der Waals surface area contributed by atoms with Crippen LogP contribution in [-0.4, -0.2) is 193 Å². The van der Waals surface area contributed by atoms with Crippen molar-refractivity contribution in [1.82, 2.24) is 5.32 Å². The molecule has 442 valence electrons. The zero-order chi connectivity index (χ0) is 55.5. The molecule has 12 N–H and O–H groups in total. The van der Waals surface area contributed by atoms with Gasteiger partial charge in [0.1, 0.15) is 73.2 Å². The number of carbonyl (C=O) groups excluding carboxylic acids is 1. The topological polar surface area (TPSA) is 307 Å². The molecule has 0 aliphatic carbocycles. The minimum Gasteiger partial charge on any atom is -0.394 e. The molecule has 0 aromatic heterocycles. The predicted molar refractivity (Wildman–Crippen MR) is 286 cm³/mol. The van der Waals surface area contributed by atoms with Crippen LogP contribution < -0.4 is 5.32 Å². The lowest BCUT2D eigenvalue weighted by molar-refractivity contribution is -0.379. The Balaban J connectivity index is 1.52. The lowest BCUT2D eigenvalue weighted by Crippen LogP contribution is -2.66.